The summed E-state index contributed by atoms with van der Waals surface area (Å²) in [7, 11) is 0. The predicted octanol–water partition coefficient (Wildman–Crippen LogP) is -1.61. The van der Waals surface area contributed by atoms with Gasteiger partial charge in [0, 0.05) is 18.8 Å². The van der Waals surface area contributed by atoms with Gasteiger partial charge in [-0.25, -0.2) is 4.79 Å². The third-order valence-corrected chi connectivity index (χ3v) is 6.12. The Bertz CT molecular complexity index is 732. The third kappa shape index (κ3) is 8.72. The lowest BCUT2D eigenvalue weighted by Gasteiger charge is -2.29. The molecule has 1 aliphatic heterocycles. The van der Waals surface area contributed by atoms with Gasteiger partial charge in [-0.05, 0) is 31.6 Å². The number of hydrogen-bond donors (Lipinski definition) is 7. The van der Waals surface area contributed by atoms with Crippen LogP contribution in [-0.4, -0.2) is 82.7 Å². The molecule has 3 amide bonds. The number of aliphatic carboxylic acids is 1. The highest BCUT2D eigenvalue weighted by Crippen LogP contribution is 2.19. The molecule has 0 saturated carbocycles. The molecule has 1 rings (SSSR count). The Hall–Kier alpha value is -2.54. The molecule has 0 radical (unpaired) electrons. The number of hydrogen-bond acceptors (Lipinski definition) is 7. The van der Waals surface area contributed by atoms with E-state index in [-0.39, 0.29) is 30.6 Å². The van der Waals surface area contributed by atoms with Crippen LogP contribution in [0.3, 0.4) is 0 Å². The molecule has 1 fully saturated rings. The molecule has 0 aromatic carbocycles. The Labute approximate surface area is 199 Å². The summed E-state index contributed by atoms with van der Waals surface area (Å²) in [6, 6.07) is -3.69. The standard InChI is InChI=1S/C20H37N7O5S/c1-3-11(2)15(21)17(29)26-13(10-33)18(30)27-9-5-7-14(27)16(28)25-12(19(31)32)6-4-8-24-20(22)23/h11-15,33H,3-10,21H2,1-2H3,(H,25,28)(H,26,29)(H,31,32)(H4,22,23,24). The number of nitrogens with one attached hydrogen (secondary N) is 2. The van der Waals surface area contributed by atoms with Crippen molar-refractivity contribution in [2.24, 2.45) is 28.1 Å². The van der Waals surface area contributed by atoms with Gasteiger partial charge in [-0.1, -0.05) is 20.3 Å². The van der Waals surface area contributed by atoms with Crippen LogP contribution in [0.2, 0.25) is 0 Å². The van der Waals surface area contributed by atoms with Crippen LogP contribution in [0.25, 0.3) is 0 Å². The lowest BCUT2D eigenvalue weighted by molar-refractivity contribution is -0.144. The van der Waals surface area contributed by atoms with Gasteiger partial charge >= 0.3 is 5.97 Å². The molecule has 0 bridgehead atoms. The smallest absolute Gasteiger partial charge is 0.326 e. The molecule has 0 aliphatic carbocycles. The first-order valence-corrected chi connectivity index (χ1v) is 11.7. The van der Waals surface area contributed by atoms with E-state index in [0.717, 1.165) is 0 Å². The number of rotatable bonds is 13. The minimum atomic E-state index is -1.19. The van der Waals surface area contributed by atoms with Gasteiger partial charge in [-0.3, -0.25) is 19.4 Å². The SMILES string of the molecule is CCC(C)C(N)C(=O)NC(CS)C(=O)N1CCCC1C(=O)NC(CCCN=C(N)N)C(=O)O. The quantitative estimate of drug-likeness (QED) is 0.0694. The highest BCUT2D eigenvalue weighted by Gasteiger charge is 2.38. The van der Waals surface area contributed by atoms with Crippen molar-refractivity contribution < 1.29 is 24.3 Å². The molecular formula is C20H37N7O5S. The van der Waals surface area contributed by atoms with Gasteiger partial charge in [0.2, 0.25) is 17.7 Å². The minimum absolute atomic E-state index is 0.0329. The van der Waals surface area contributed by atoms with Crippen LogP contribution in [0.5, 0.6) is 0 Å². The number of aliphatic imine (C=N–C) groups is 1. The van der Waals surface area contributed by atoms with Crippen LogP contribution in [-0.2, 0) is 19.2 Å². The maximum atomic E-state index is 13.1. The second-order valence-electron chi connectivity index (χ2n) is 8.19. The second-order valence-corrected chi connectivity index (χ2v) is 8.56. The summed E-state index contributed by atoms with van der Waals surface area (Å²) in [4.78, 5) is 55.0. The van der Waals surface area contributed by atoms with E-state index in [1.54, 1.807) is 0 Å². The maximum Gasteiger partial charge on any atom is 0.326 e. The van der Waals surface area contributed by atoms with Gasteiger partial charge < -0.3 is 37.8 Å². The molecule has 0 aromatic rings. The fourth-order valence-corrected chi connectivity index (χ4v) is 3.75. The zero-order chi connectivity index (χ0) is 25.1. The van der Waals surface area contributed by atoms with Crippen LogP contribution in [0.1, 0.15) is 46.0 Å². The number of nitrogens with two attached hydrogens (primary N) is 3. The first kappa shape index (κ1) is 28.5. The topological polar surface area (TPSA) is 206 Å². The van der Waals surface area contributed by atoms with Crippen molar-refractivity contribution in [3.63, 3.8) is 0 Å². The molecular weight excluding hydrogens is 450 g/mol. The molecule has 12 nitrogen and oxygen atoms in total. The minimum Gasteiger partial charge on any atom is -0.480 e. The highest BCUT2D eigenvalue weighted by molar-refractivity contribution is 7.80. The van der Waals surface area contributed by atoms with Gasteiger partial charge in [0.1, 0.15) is 18.1 Å². The van der Waals surface area contributed by atoms with E-state index in [4.69, 9.17) is 17.2 Å². The molecule has 33 heavy (non-hydrogen) atoms. The van der Waals surface area contributed by atoms with Crippen molar-refractivity contribution in [1.82, 2.24) is 15.5 Å². The third-order valence-electron chi connectivity index (χ3n) is 5.76. The van der Waals surface area contributed by atoms with E-state index in [9.17, 15) is 24.3 Å². The molecule has 9 N–H and O–H groups in total. The molecule has 1 aliphatic rings. The molecule has 0 spiro atoms. The van der Waals surface area contributed by atoms with Gasteiger partial charge in [-0.2, -0.15) is 12.6 Å². The first-order chi connectivity index (χ1) is 15.5. The lowest BCUT2D eigenvalue weighted by atomic mass is 9.99. The largest absolute Gasteiger partial charge is 0.480 e. The van der Waals surface area contributed by atoms with Crippen molar-refractivity contribution >= 4 is 42.3 Å². The van der Waals surface area contributed by atoms with Gasteiger partial charge in [0.05, 0.1) is 6.04 Å². The molecule has 188 valence electrons. The Morgan fingerprint density at radius 1 is 1.21 bits per heavy atom. The Balaban J connectivity index is 2.79. The van der Waals surface area contributed by atoms with Gasteiger partial charge in [-0.15, -0.1) is 0 Å². The van der Waals surface area contributed by atoms with E-state index in [2.05, 4.69) is 28.3 Å². The zero-order valence-corrected chi connectivity index (χ0v) is 20.1. The molecule has 13 heteroatoms. The fourth-order valence-electron chi connectivity index (χ4n) is 3.50. The number of guanidine groups is 1. The van der Waals surface area contributed by atoms with E-state index < -0.39 is 47.9 Å². The van der Waals surface area contributed by atoms with Gasteiger partial charge in [0.25, 0.3) is 0 Å². The summed E-state index contributed by atoms with van der Waals surface area (Å²) in [6.45, 7) is 4.31. The monoisotopic (exact) mass is 487 g/mol. The van der Waals surface area contributed by atoms with Crippen molar-refractivity contribution in [1.29, 1.82) is 0 Å². The second kappa shape index (κ2) is 13.9. The normalized spacial score (nSPS) is 19.2. The highest BCUT2D eigenvalue weighted by atomic mass is 32.1. The summed E-state index contributed by atoms with van der Waals surface area (Å²) in [5, 5.41) is 14.6. The van der Waals surface area contributed by atoms with E-state index in [0.29, 0.717) is 32.2 Å². The van der Waals surface area contributed by atoms with Crippen LogP contribution < -0.4 is 27.8 Å². The number of carbonyl (C=O) groups is 4. The zero-order valence-electron chi connectivity index (χ0n) is 19.2. The number of carboxylic acids is 1. The summed E-state index contributed by atoms with van der Waals surface area (Å²) in [5.41, 5.74) is 16.4. The number of nitrogens with zero attached hydrogens (tertiary/aromatic N) is 2. The molecule has 5 atom stereocenters. The number of thiol groups is 1. The Kier molecular flexibility index (Phi) is 12.0. The lowest BCUT2D eigenvalue weighted by Crippen LogP contribution is -2.58. The summed E-state index contributed by atoms with van der Waals surface area (Å²) in [6.07, 6.45) is 2.15. The van der Waals surface area contributed by atoms with Crippen molar-refractivity contribution in [3.8, 4) is 0 Å². The van der Waals surface area contributed by atoms with Crippen molar-refractivity contribution in [2.75, 3.05) is 18.8 Å². The summed E-state index contributed by atoms with van der Waals surface area (Å²) in [5.74, 6) is -2.78. The Morgan fingerprint density at radius 3 is 2.42 bits per heavy atom. The predicted molar refractivity (Wildman–Crippen MR) is 127 cm³/mol. The van der Waals surface area contributed by atoms with Crippen molar-refractivity contribution in [2.45, 2.75) is 70.1 Å². The fraction of sp³-hybridized carbons (Fsp3) is 0.750. The van der Waals surface area contributed by atoms with Crippen molar-refractivity contribution in [3.05, 3.63) is 0 Å². The average molecular weight is 488 g/mol. The van der Waals surface area contributed by atoms with E-state index in [1.807, 2.05) is 13.8 Å². The number of carbonyl (C=O) groups excluding carboxylic acids is 3. The first-order valence-electron chi connectivity index (χ1n) is 11.1. The van der Waals surface area contributed by atoms with Crippen LogP contribution in [0, 0.1) is 5.92 Å². The van der Waals surface area contributed by atoms with E-state index in [1.165, 1.54) is 4.90 Å². The molecule has 0 aromatic heterocycles. The number of likely N-dealkylation sites (tertiary alicyclic amines) is 1. The number of amides is 3. The molecule has 1 heterocycles. The maximum absolute atomic E-state index is 13.1. The molecule has 5 unspecified atom stereocenters. The average Bonchev–Trinajstić information content (AvgIpc) is 3.27. The van der Waals surface area contributed by atoms with Crippen LogP contribution in [0.4, 0.5) is 0 Å². The summed E-state index contributed by atoms with van der Waals surface area (Å²) < 4.78 is 0. The van der Waals surface area contributed by atoms with Crippen LogP contribution in [0.15, 0.2) is 4.99 Å². The van der Waals surface area contributed by atoms with E-state index >= 15 is 0 Å². The van der Waals surface area contributed by atoms with Crippen LogP contribution >= 0.6 is 12.6 Å². The number of carboxylic acid groups (broad SMARTS) is 1. The summed E-state index contributed by atoms with van der Waals surface area (Å²) >= 11 is 4.18. The van der Waals surface area contributed by atoms with Gasteiger partial charge in [0.15, 0.2) is 5.96 Å². The Morgan fingerprint density at radius 2 is 1.88 bits per heavy atom. The molecule has 1 saturated heterocycles.